The van der Waals surface area contributed by atoms with Gasteiger partial charge in [0.05, 0.1) is 19.3 Å². The van der Waals surface area contributed by atoms with Gasteiger partial charge in [0, 0.05) is 6.20 Å². The van der Waals surface area contributed by atoms with Crippen LogP contribution in [-0.4, -0.2) is 24.7 Å². The Morgan fingerprint density at radius 3 is 2.71 bits per heavy atom. The van der Waals surface area contributed by atoms with Gasteiger partial charge >= 0.3 is 5.97 Å². The molecule has 1 aromatic heterocycles. The zero-order chi connectivity index (χ0) is 15.1. The highest BCUT2D eigenvalue weighted by atomic mass is 16.5. The summed E-state index contributed by atoms with van der Waals surface area (Å²) in [5.41, 5.74) is 7.60. The van der Waals surface area contributed by atoms with Gasteiger partial charge in [-0.05, 0) is 24.5 Å². The molecule has 110 valence electrons. The van der Waals surface area contributed by atoms with Crippen LogP contribution in [0.4, 0.5) is 5.69 Å². The maximum absolute atomic E-state index is 11.5. The first-order valence-electron chi connectivity index (χ1n) is 6.72. The largest absolute Gasteiger partial charge is 0.476 e. The maximum atomic E-state index is 11.5. The second-order valence-corrected chi connectivity index (χ2v) is 4.51. The van der Waals surface area contributed by atoms with Crippen molar-refractivity contribution in [2.24, 2.45) is 0 Å². The molecule has 2 rings (SSSR count). The summed E-state index contributed by atoms with van der Waals surface area (Å²) in [6.07, 6.45) is 3.24. The van der Waals surface area contributed by atoms with E-state index in [1.807, 2.05) is 18.2 Å². The zero-order valence-electron chi connectivity index (χ0n) is 11.9. The van der Waals surface area contributed by atoms with Gasteiger partial charge in [-0.3, -0.25) is 0 Å². The summed E-state index contributed by atoms with van der Waals surface area (Å²) >= 11 is 0. The molecule has 0 amide bonds. The second kappa shape index (κ2) is 7.28. The van der Waals surface area contributed by atoms with Crippen molar-refractivity contribution in [3.05, 3.63) is 53.7 Å². The number of hydrogen-bond donors (Lipinski definition) is 1. The predicted octanol–water partition coefficient (Wildman–Crippen LogP) is 2.46. The molecule has 2 N–H and O–H groups in total. The number of pyridine rings is 1. The van der Waals surface area contributed by atoms with Crippen molar-refractivity contribution in [3.63, 3.8) is 0 Å². The van der Waals surface area contributed by atoms with E-state index in [4.69, 9.17) is 10.5 Å². The lowest BCUT2D eigenvalue weighted by Gasteiger charge is -2.10. The van der Waals surface area contributed by atoms with Gasteiger partial charge in [-0.25, -0.2) is 9.78 Å². The standard InChI is InChI=1S/C16H18N2O3/c1-20-16(19)13-9-10-18-15(14(13)17)21-11-5-8-12-6-3-2-4-7-12/h2-4,6-7,9-10H,5,8,11,17H2,1H3. The number of methoxy groups -OCH3 is 1. The highest BCUT2D eigenvalue weighted by molar-refractivity contribution is 5.95. The van der Waals surface area contributed by atoms with Crippen LogP contribution in [0.3, 0.4) is 0 Å². The summed E-state index contributed by atoms with van der Waals surface area (Å²) in [4.78, 5) is 15.6. The first-order valence-corrected chi connectivity index (χ1v) is 6.72. The molecule has 0 fully saturated rings. The van der Waals surface area contributed by atoms with Crippen LogP contribution >= 0.6 is 0 Å². The van der Waals surface area contributed by atoms with Gasteiger partial charge in [0.15, 0.2) is 0 Å². The van der Waals surface area contributed by atoms with Crippen molar-refractivity contribution in [3.8, 4) is 5.88 Å². The number of carbonyl (C=O) groups excluding carboxylic acids is 1. The molecule has 0 radical (unpaired) electrons. The minimum atomic E-state index is -0.496. The Morgan fingerprint density at radius 2 is 2.00 bits per heavy atom. The zero-order valence-corrected chi connectivity index (χ0v) is 11.9. The molecule has 2 aromatic rings. The van der Waals surface area contributed by atoms with Crippen LogP contribution in [0.5, 0.6) is 5.88 Å². The van der Waals surface area contributed by atoms with E-state index in [-0.39, 0.29) is 17.1 Å². The number of ether oxygens (including phenoxy) is 2. The van der Waals surface area contributed by atoms with Crippen molar-refractivity contribution < 1.29 is 14.3 Å². The number of nitrogen functional groups attached to an aromatic ring is 1. The number of aryl methyl sites for hydroxylation is 1. The van der Waals surface area contributed by atoms with Crippen molar-refractivity contribution >= 4 is 11.7 Å². The Kier molecular flexibility index (Phi) is 5.15. The van der Waals surface area contributed by atoms with Crippen LogP contribution in [0, 0.1) is 0 Å². The Bertz CT molecular complexity index is 600. The average molecular weight is 286 g/mol. The molecule has 1 heterocycles. The first kappa shape index (κ1) is 14.8. The van der Waals surface area contributed by atoms with E-state index < -0.39 is 5.97 Å². The van der Waals surface area contributed by atoms with E-state index >= 15 is 0 Å². The van der Waals surface area contributed by atoms with Crippen LogP contribution in [0.1, 0.15) is 22.3 Å². The number of rotatable bonds is 6. The molecule has 0 aliphatic heterocycles. The number of benzene rings is 1. The van der Waals surface area contributed by atoms with E-state index in [1.165, 1.54) is 24.9 Å². The van der Waals surface area contributed by atoms with Gasteiger partial charge in [0.1, 0.15) is 5.69 Å². The highest BCUT2D eigenvalue weighted by Crippen LogP contribution is 2.23. The quantitative estimate of drug-likeness (QED) is 0.652. The number of nitrogens with zero attached hydrogens (tertiary/aromatic N) is 1. The number of aromatic nitrogens is 1. The summed E-state index contributed by atoms with van der Waals surface area (Å²) < 4.78 is 10.2. The monoisotopic (exact) mass is 286 g/mol. The fourth-order valence-electron chi connectivity index (χ4n) is 1.95. The summed E-state index contributed by atoms with van der Waals surface area (Å²) in [6, 6.07) is 11.7. The summed E-state index contributed by atoms with van der Waals surface area (Å²) in [6.45, 7) is 0.483. The average Bonchev–Trinajstić information content (AvgIpc) is 2.53. The van der Waals surface area contributed by atoms with Crippen molar-refractivity contribution in [1.29, 1.82) is 0 Å². The van der Waals surface area contributed by atoms with Crippen molar-refractivity contribution in [2.75, 3.05) is 19.5 Å². The molecule has 0 bridgehead atoms. The van der Waals surface area contributed by atoms with E-state index in [0.29, 0.717) is 6.61 Å². The van der Waals surface area contributed by atoms with Crippen LogP contribution in [0.25, 0.3) is 0 Å². The Balaban J connectivity index is 1.90. The van der Waals surface area contributed by atoms with Crippen molar-refractivity contribution in [1.82, 2.24) is 4.98 Å². The molecular weight excluding hydrogens is 268 g/mol. The van der Waals surface area contributed by atoms with Gasteiger partial charge in [-0.15, -0.1) is 0 Å². The van der Waals surface area contributed by atoms with Gasteiger partial charge in [-0.2, -0.15) is 0 Å². The van der Waals surface area contributed by atoms with E-state index in [0.717, 1.165) is 12.8 Å². The van der Waals surface area contributed by atoms with Crippen LogP contribution in [0.15, 0.2) is 42.6 Å². The molecule has 0 saturated carbocycles. The van der Waals surface area contributed by atoms with E-state index in [9.17, 15) is 4.79 Å². The molecule has 0 atom stereocenters. The van der Waals surface area contributed by atoms with Gasteiger partial charge < -0.3 is 15.2 Å². The third-order valence-corrected chi connectivity index (χ3v) is 3.05. The minimum absolute atomic E-state index is 0.212. The fourth-order valence-corrected chi connectivity index (χ4v) is 1.95. The molecule has 1 aromatic carbocycles. The summed E-state index contributed by atoms with van der Waals surface area (Å²) in [5, 5.41) is 0. The molecule has 0 aliphatic carbocycles. The lowest BCUT2D eigenvalue weighted by molar-refractivity contribution is 0.0601. The lowest BCUT2D eigenvalue weighted by Crippen LogP contribution is -2.09. The predicted molar refractivity (Wildman–Crippen MR) is 80.2 cm³/mol. The van der Waals surface area contributed by atoms with Crippen LogP contribution in [-0.2, 0) is 11.2 Å². The molecule has 21 heavy (non-hydrogen) atoms. The Hall–Kier alpha value is -2.56. The summed E-state index contributed by atoms with van der Waals surface area (Å²) in [5.74, 6) is -0.227. The molecule has 0 aliphatic rings. The lowest BCUT2D eigenvalue weighted by atomic mass is 10.1. The molecule has 5 nitrogen and oxygen atoms in total. The topological polar surface area (TPSA) is 74.4 Å². The number of anilines is 1. The minimum Gasteiger partial charge on any atom is -0.476 e. The number of carbonyl (C=O) groups is 1. The van der Waals surface area contributed by atoms with Crippen molar-refractivity contribution in [2.45, 2.75) is 12.8 Å². The van der Waals surface area contributed by atoms with Gasteiger partial charge in [-0.1, -0.05) is 30.3 Å². The number of esters is 1. The first-order chi connectivity index (χ1) is 10.2. The molecule has 0 saturated heterocycles. The third-order valence-electron chi connectivity index (χ3n) is 3.05. The van der Waals surface area contributed by atoms with Gasteiger partial charge in [0.25, 0.3) is 0 Å². The second-order valence-electron chi connectivity index (χ2n) is 4.51. The van der Waals surface area contributed by atoms with E-state index in [1.54, 1.807) is 0 Å². The fraction of sp³-hybridized carbons (Fsp3) is 0.250. The van der Waals surface area contributed by atoms with Crippen LogP contribution in [0.2, 0.25) is 0 Å². The normalized spacial score (nSPS) is 10.1. The Labute approximate surface area is 123 Å². The number of nitrogens with two attached hydrogens (primary N) is 1. The van der Waals surface area contributed by atoms with Gasteiger partial charge in [0.2, 0.25) is 5.88 Å². The SMILES string of the molecule is COC(=O)c1ccnc(OCCCc2ccccc2)c1N. The number of hydrogen-bond acceptors (Lipinski definition) is 5. The van der Waals surface area contributed by atoms with Crippen LogP contribution < -0.4 is 10.5 Å². The third kappa shape index (κ3) is 3.95. The molecular formula is C16H18N2O3. The maximum Gasteiger partial charge on any atom is 0.340 e. The molecule has 5 heteroatoms. The van der Waals surface area contributed by atoms with E-state index in [2.05, 4.69) is 21.9 Å². The summed E-state index contributed by atoms with van der Waals surface area (Å²) in [7, 11) is 1.31. The molecule has 0 spiro atoms. The Morgan fingerprint density at radius 1 is 1.24 bits per heavy atom. The highest BCUT2D eigenvalue weighted by Gasteiger charge is 2.14. The molecule has 0 unspecified atom stereocenters. The smallest absolute Gasteiger partial charge is 0.340 e.